The standard InChI is InChI=1S/C15H21BrN4O/c16-12-13(10-4-2-1-3-5-10)18-19-14(12)15(21)20-8-6-11(17)7-9-20/h1-5,11-14,18-19H,6-9,17H2. The van der Waals surface area contributed by atoms with Crippen LogP contribution in [0, 0.1) is 0 Å². The molecule has 2 heterocycles. The van der Waals surface area contributed by atoms with Crippen LogP contribution < -0.4 is 16.6 Å². The zero-order valence-corrected chi connectivity index (χ0v) is 13.4. The predicted molar refractivity (Wildman–Crippen MR) is 85.7 cm³/mol. The molecular weight excluding hydrogens is 332 g/mol. The molecule has 3 atom stereocenters. The Morgan fingerprint density at radius 1 is 1.19 bits per heavy atom. The van der Waals surface area contributed by atoms with Crippen molar-refractivity contribution in [3.05, 3.63) is 35.9 Å². The van der Waals surface area contributed by atoms with Gasteiger partial charge in [-0.15, -0.1) is 0 Å². The molecule has 5 nitrogen and oxygen atoms in total. The van der Waals surface area contributed by atoms with E-state index in [1.807, 2.05) is 23.1 Å². The van der Waals surface area contributed by atoms with Gasteiger partial charge in [-0.2, -0.15) is 0 Å². The Labute approximate surface area is 133 Å². The molecule has 0 radical (unpaired) electrons. The number of carbonyl (C=O) groups excluding carboxylic acids is 1. The van der Waals surface area contributed by atoms with Gasteiger partial charge in [0.25, 0.3) is 0 Å². The number of hydrazine groups is 1. The fourth-order valence-electron chi connectivity index (χ4n) is 2.97. The van der Waals surface area contributed by atoms with Gasteiger partial charge in [0.15, 0.2) is 0 Å². The molecule has 3 rings (SSSR count). The third-order valence-corrected chi connectivity index (χ3v) is 5.36. The van der Waals surface area contributed by atoms with Gasteiger partial charge in [0.2, 0.25) is 5.91 Å². The highest BCUT2D eigenvalue weighted by Crippen LogP contribution is 2.29. The summed E-state index contributed by atoms with van der Waals surface area (Å²) in [6.45, 7) is 1.52. The Morgan fingerprint density at radius 2 is 1.86 bits per heavy atom. The minimum Gasteiger partial charge on any atom is -0.341 e. The number of alkyl halides is 1. The van der Waals surface area contributed by atoms with Gasteiger partial charge in [-0.3, -0.25) is 4.79 Å². The van der Waals surface area contributed by atoms with E-state index in [4.69, 9.17) is 5.73 Å². The lowest BCUT2D eigenvalue weighted by Crippen LogP contribution is -2.51. The highest BCUT2D eigenvalue weighted by atomic mass is 79.9. The first-order valence-corrected chi connectivity index (χ1v) is 8.33. The van der Waals surface area contributed by atoms with Crippen LogP contribution in [0.15, 0.2) is 30.3 Å². The maximum Gasteiger partial charge on any atom is 0.242 e. The van der Waals surface area contributed by atoms with Gasteiger partial charge in [-0.1, -0.05) is 46.3 Å². The number of piperidine rings is 1. The molecule has 4 N–H and O–H groups in total. The second kappa shape index (κ2) is 6.44. The van der Waals surface area contributed by atoms with E-state index in [-0.39, 0.29) is 28.9 Å². The van der Waals surface area contributed by atoms with Crippen molar-refractivity contribution in [2.45, 2.75) is 35.8 Å². The summed E-state index contributed by atoms with van der Waals surface area (Å²) in [6, 6.07) is 10.2. The fraction of sp³-hybridized carbons (Fsp3) is 0.533. The lowest BCUT2D eigenvalue weighted by atomic mass is 10.00. The summed E-state index contributed by atoms with van der Waals surface area (Å²) < 4.78 is 0. The Morgan fingerprint density at radius 3 is 2.52 bits per heavy atom. The summed E-state index contributed by atoms with van der Waals surface area (Å²) in [5, 5.41) is 0. The van der Waals surface area contributed by atoms with E-state index in [1.54, 1.807) is 0 Å². The Kier molecular flexibility index (Phi) is 4.59. The van der Waals surface area contributed by atoms with Gasteiger partial charge >= 0.3 is 0 Å². The molecule has 0 aliphatic carbocycles. The topological polar surface area (TPSA) is 70.4 Å². The van der Waals surface area contributed by atoms with E-state index < -0.39 is 0 Å². The van der Waals surface area contributed by atoms with Gasteiger partial charge in [0, 0.05) is 19.1 Å². The van der Waals surface area contributed by atoms with Crippen LogP contribution in [0.3, 0.4) is 0 Å². The quantitative estimate of drug-likeness (QED) is 0.692. The van der Waals surface area contributed by atoms with Gasteiger partial charge in [-0.25, -0.2) is 10.9 Å². The monoisotopic (exact) mass is 352 g/mol. The van der Waals surface area contributed by atoms with Crippen LogP contribution in [-0.2, 0) is 4.79 Å². The van der Waals surface area contributed by atoms with E-state index >= 15 is 0 Å². The smallest absolute Gasteiger partial charge is 0.242 e. The molecule has 0 bridgehead atoms. The molecular formula is C15H21BrN4O. The van der Waals surface area contributed by atoms with Crippen LogP contribution in [0.1, 0.15) is 24.4 Å². The Hall–Kier alpha value is -0.950. The molecule has 0 spiro atoms. The number of benzene rings is 1. The Balaban J connectivity index is 1.66. The summed E-state index contributed by atoms with van der Waals surface area (Å²) in [5.41, 5.74) is 13.4. The zero-order valence-electron chi connectivity index (χ0n) is 11.8. The van der Waals surface area contributed by atoms with Crippen molar-refractivity contribution in [3.8, 4) is 0 Å². The first-order valence-electron chi connectivity index (χ1n) is 7.41. The highest BCUT2D eigenvalue weighted by Gasteiger charge is 2.41. The molecule has 6 heteroatoms. The van der Waals surface area contributed by atoms with E-state index in [2.05, 4.69) is 38.9 Å². The van der Waals surface area contributed by atoms with Crippen molar-refractivity contribution < 1.29 is 4.79 Å². The van der Waals surface area contributed by atoms with Crippen molar-refractivity contribution in [2.24, 2.45) is 5.73 Å². The maximum atomic E-state index is 12.6. The van der Waals surface area contributed by atoms with E-state index in [0.29, 0.717) is 0 Å². The number of rotatable bonds is 2. The summed E-state index contributed by atoms with van der Waals surface area (Å²) >= 11 is 3.69. The maximum absolute atomic E-state index is 12.6. The first-order chi connectivity index (χ1) is 10.2. The van der Waals surface area contributed by atoms with Crippen molar-refractivity contribution in [1.82, 2.24) is 15.8 Å². The normalized spacial score (nSPS) is 30.6. The third-order valence-electron chi connectivity index (χ3n) is 4.31. The molecule has 0 aromatic heterocycles. The van der Waals surface area contributed by atoms with Crippen LogP contribution >= 0.6 is 15.9 Å². The highest BCUT2D eigenvalue weighted by molar-refractivity contribution is 9.09. The van der Waals surface area contributed by atoms with Crippen molar-refractivity contribution in [1.29, 1.82) is 0 Å². The summed E-state index contributed by atoms with van der Waals surface area (Å²) in [5.74, 6) is 0.148. The van der Waals surface area contributed by atoms with Crippen LogP contribution in [0.4, 0.5) is 0 Å². The Bertz CT molecular complexity index is 490. The average Bonchev–Trinajstić information content (AvgIpc) is 2.90. The lowest BCUT2D eigenvalue weighted by molar-refractivity contribution is -0.134. The van der Waals surface area contributed by atoms with Crippen LogP contribution in [-0.4, -0.2) is 40.8 Å². The molecule has 2 fully saturated rings. The van der Waals surface area contributed by atoms with Crippen LogP contribution in [0.25, 0.3) is 0 Å². The number of nitrogens with zero attached hydrogens (tertiary/aromatic N) is 1. The van der Waals surface area contributed by atoms with Gasteiger partial charge in [-0.05, 0) is 18.4 Å². The molecule has 2 aliphatic heterocycles. The molecule has 114 valence electrons. The summed E-state index contributed by atoms with van der Waals surface area (Å²) in [6.07, 6.45) is 1.78. The molecule has 1 aromatic rings. The number of nitrogens with two attached hydrogens (primary N) is 1. The summed E-state index contributed by atoms with van der Waals surface area (Å²) in [7, 11) is 0. The largest absolute Gasteiger partial charge is 0.341 e. The van der Waals surface area contributed by atoms with Gasteiger partial charge in [0.1, 0.15) is 6.04 Å². The third kappa shape index (κ3) is 3.13. The zero-order chi connectivity index (χ0) is 14.8. The fourth-order valence-corrected chi connectivity index (χ4v) is 3.77. The minimum atomic E-state index is -0.246. The summed E-state index contributed by atoms with van der Waals surface area (Å²) in [4.78, 5) is 14.6. The predicted octanol–water partition coefficient (Wildman–Crippen LogP) is 0.917. The lowest BCUT2D eigenvalue weighted by Gasteiger charge is -2.32. The molecule has 1 amide bonds. The SMILES string of the molecule is NC1CCN(C(=O)C2NNC(c3ccccc3)C2Br)CC1. The number of hydrogen-bond donors (Lipinski definition) is 3. The number of carbonyl (C=O) groups is 1. The minimum absolute atomic E-state index is 0.0306. The number of hydrogen-bond acceptors (Lipinski definition) is 4. The second-order valence-electron chi connectivity index (χ2n) is 5.76. The number of amides is 1. The molecule has 0 saturated carbocycles. The van der Waals surface area contributed by atoms with Crippen LogP contribution in [0.5, 0.6) is 0 Å². The average molecular weight is 353 g/mol. The van der Waals surface area contributed by atoms with Gasteiger partial charge in [0.05, 0.1) is 10.9 Å². The van der Waals surface area contributed by atoms with E-state index in [9.17, 15) is 4.79 Å². The van der Waals surface area contributed by atoms with Crippen molar-refractivity contribution in [3.63, 3.8) is 0 Å². The molecule has 2 saturated heterocycles. The van der Waals surface area contributed by atoms with E-state index in [1.165, 1.54) is 5.56 Å². The van der Waals surface area contributed by atoms with Gasteiger partial charge < -0.3 is 10.6 Å². The van der Waals surface area contributed by atoms with Crippen LogP contribution in [0.2, 0.25) is 0 Å². The van der Waals surface area contributed by atoms with Crippen molar-refractivity contribution >= 4 is 21.8 Å². The first kappa shape index (κ1) is 15.0. The number of nitrogens with one attached hydrogen (secondary N) is 2. The molecule has 3 unspecified atom stereocenters. The molecule has 21 heavy (non-hydrogen) atoms. The number of likely N-dealkylation sites (tertiary alicyclic amines) is 1. The second-order valence-corrected chi connectivity index (χ2v) is 6.82. The van der Waals surface area contributed by atoms with Crippen molar-refractivity contribution in [2.75, 3.05) is 13.1 Å². The van der Waals surface area contributed by atoms with E-state index in [0.717, 1.165) is 25.9 Å². The number of halogens is 1. The molecule has 1 aromatic carbocycles. The molecule has 2 aliphatic rings.